The van der Waals surface area contributed by atoms with E-state index in [0.717, 1.165) is 69.3 Å². The summed E-state index contributed by atoms with van der Waals surface area (Å²) >= 11 is 0. The van der Waals surface area contributed by atoms with Crippen molar-refractivity contribution in [1.82, 2.24) is 9.80 Å². The summed E-state index contributed by atoms with van der Waals surface area (Å²) < 4.78 is 5.05. The molecule has 1 heterocycles. The van der Waals surface area contributed by atoms with Crippen molar-refractivity contribution in [1.29, 1.82) is 5.26 Å². The molecular formula is C23H29N3O3. The highest BCUT2D eigenvalue weighted by molar-refractivity contribution is 5.87. The van der Waals surface area contributed by atoms with Crippen molar-refractivity contribution in [3.8, 4) is 18.4 Å². The Morgan fingerprint density at radius 2 is 1.83 bits per heavy atom. The quantitative estimate of drug-likeness (QED) is 0.452. The first-order valence-corrected chi connectivity index (χ1v) is 10.4. The van der Waals surface area contributed by atoms with Crippen LogP contribution in [-0.4, -0.2) is 58.9 Å². The Morgan fingerprint density at radius 1 is 1.17 bits per heavy atom. The predicted octanol–water partition coefficient (Wildman–Crippen LogP) is 2.26. The van der Waals surface area contributed by atoms with Crippen LogP contribution in [0.4, 0.5) is 0 Å². The van der Waals surface area contributed by atoms with E-state index in [1.54, 1.807) is 0 Å². The molecule has 29 heavy (non-hydrogen) atoms. The molecule has 0 radical (unpaired) electrons. The molecule has 0 bridgehead atoms. The Labute approximate surface area is 173 Å². The molecule has 1 aromatic carbocycles. The molecule has 0 aromatic heterocycles. The largest absolute Gasteiger partial charge is 0.440 e. The number of carbonyl (C=O) groups is 1. The Hall–Kier alpha value is -2.38. The minimum Gasteiger partial charge on any atom is -0.440 e. The second kappa shape index (κ2) is 10.4. The lowest BCUT2D eigenvalue weighted by atomic mass is 9.89. The van der Waals surface area contributed by atoms with Gasteiger partial charge in [0.25, 0.3) is 0 Å². The van der Waals surface area contributed by atoms with Gasteiger partial charge in [-0.2, -0.15) is 5.26 Å². The number of benzene rings is 1. The van der Waals surface area contributed by atoms with Gasteiger partial charge in [-0.3, -0.25) is 9.80 Å². The van der Waals surface area contributed by atoms with Crippen molar-refractivity contribution < 1.29 is 14.6 Å². The molecule has 2 aliphatic rings. The summed E-state index contributed by atoms with van der Waals surface area (Å²) in [6.07, 6.45) is 10.4. The first kappa shape index (κ1) is 21.3. The van der Waals surface area contributed by atoms with Crippen LogP contribution < -0.4 is 0 Å². The molecule has 0 unspecified atom stereocenters. The number of hydrogen-bond acceptors (Lipinski definition) is 6. The van der Waals surface area contributed by atoms with Crippen molar-refractivity contribution in [3.63, 3.8) is 0 Å². The van der Waals surface area contributed by atoms with Gasteiger partial charge in [-0.15, -0.1) is 6.42 Å². The normalized spacial score (nSPS) is 23.3. The van der Waals surface area contributed by atoms with E-state index in [0.29, 0.717) is 12.1 Å². The smallest absolute Gasteiger partial charge is 0.385 e. The standard InChI is InChI=1S/C23H29N3O3/c1-2-23(28)29-17-25-13-11-21(12-14-25)26(20-7-9-22(27)10-8-20)16-19-6-4-3-5-18(19)15-24/h1,3-6,20-22,27H,7-14,16-17H2. The van der Waals surface area contributed by atoms with E-state index in [1.165, 1.54) is 0 Å². The number of nitriles is 1. The van der Waals surface area contributed by atoms with Gasteiger partial charge < -0.3 is 9.84 Å². The summed E-state index contributed by atoms with van der Waals surface area (Å²) in [6, 6.07) is 10.9. The number of rotatable bonds is 6. The third-order valence-corrected chi connectivity index (χ3v) is 6.15. The van der Waals surface area contributed by atoms with Gasteiger partial charge in [-0.1, -0.05) is 18.2 Å². The monoisotopic (exact) mass is 395 g/mol. The van der Waals surface area contributed by atoms with E-state index in [9.17, 15) is 15.2 Å². The molecule has 1 saturated heterocycles. The number of likely N-dealkylation sites (tertiary alicyclic amines) is 1. The zero-order valence-electron chi connectivity index (χ0n) is 16.8. The lowest BCUT2D eigenvalue weighted by molar-refractivity contribution is -0.142. The molecule has 3 rings (SSSR count). The molecule has 1 aliphatic heterocycles. The highest BCUT2D eigenvalue weighted by Gasteiger charge is 2.32. The molecule has 6 heteroatoms. The number of esters is 1. The molecule has 154 valence electrons. The second-order valence-corrected chi connectivity index (χ2v) is 7.96. The summed E-state index contributed by atoms with van der Waals surface area (Å²) in [5.74, 6) is 1.35. The average Bonchev–Trinajstić information content (AvgIpc) is 2.77. The van der Waals surface area contributed by atoms with E-state index in [-0.39, 0.29) is 12.8 Å². The minimum absolute atomic E-state index is 0.188. The molecule has 6 nitrogen and oxygen atoms in total. The molecule has 1 aliphatic carbocycles. The number of nitrogens with zero attached hydrogens (tertiary/aromatic N) is 3. The van der Waals surface area contributed by atoms with Crippen molar-refractivity contribution in [2.75, 3.05) is 19.8 Å². The first-order chi connectivity index (χ1) is 14.1. The van der Waals surface area contributed by atoms with Gasteiger partial charge in [0.1, 0.15) is 6.73 Å². The number of aliphatic hydroxyl groups is 1. The maximum Gasteiger partial charge on any atom is 0.385 e. The maximum atomic E-state index is 11.2. The summed E-state index contributed by atoms with van der Waals surface area (Å²) in [5, 5.41) is 19.4. The van der Waals surface area contributed by atoms with Crippen molar-refractivity contribution in [2.24, 2.45) is 0 Å². The van der Waals surface area contributed by atoms with Crippen LogP contribution in [0.1, 0.15) is 49.7 Å². The van der Waals surface area contributed by atoms with Crippen LogP contribution in [0.5, 0.6) is 0 Å². The first-order valence-electron chi connectivity index (χ1n) is 10.4. The molecule has 1 aromatic rings. The van der Waals surface area contributed by atoms with Gasteiger partial charge in [0.05, 0.1) is 17.7 Å². The van der Waals surface area contributed by atoms with Crippen LogP contribution in [0.3, 0.4) is 0 Å². The third-order valence-electron chi connectivity index (χ3n) is 6.15. The van der Waals surface area contributed by atoms with Gasteiger partial charge in [-0.25, -0.2) is 4.79 Å². The van der Waals surface area contributed by atoms with Gasteiger partial charge in [0.15, 0.2) is 0 Å². The van der Waals surface area contributed by atoms with E-state index in [2.05, 4.69) is 15.9 Å². The predicted molar refractivity (Wildman–Crippen MR) is 109 cm³/mol. The topological polar surface area (TPSA) is 76.8 Å². The minimum atomic E-state index is -0.623. The number of aliphatic hydroxyl groups excluding tert-OH is 1. The third kappa shape index (κ3) is 5.81. The van der Waals surface area contributed by atoms with E-state index >= 15 is 0 Å². The molecule has 1 saturated carbocycles. The number of hydrogen-bond donors (Lipinski definition) is 1. The van der Waals surface area contributed by atoms with Crippen molar-refractivity contribution in [3.05, 3.63) is 35.4 Å². The van der Waals surface area contributed by atoms with Crippen molar-refractivity contribution in [2.45, 2.75) is 63.3 Å². The fraction of sp³-hybridized carbons (Fsp3) is 0.565. The van der Waals surface area contributed by atoms with Crippen LogP contribution in [0.15, 0.2) is 24.3 Å². The highest BCUT2D eigenvalue weighted by Crippen LogP contribution is 2.30. The van der Waals surface area contributed by atoms with E-state index in [4.69, 9.17) is 11.2 Å². The van der Waals surface area contributed by atoms with Gasteiger partial charge in [0, 0.05) is 37.6 Å². The summed E-state index contributed by atoms with van der Waals surface area (Å²) in [6.45, 7) is 2.67. The number of ether oxygens (including phenoxy) is 1. The second-order valence-electron chi connectivity index (χ2n) is 7.96. The van der Waals surface area contributed by atoms with Crippen LogP contribution in [0.2, 0.25) is 0 Å². The Morgan fingerprint density at radius 3 is 2.48 bits per heavy atom. The zero-order chi connectivity index (χ0) is 20.6. The Balaban J connectivity index is 1.67. The lowest BCUT2D eigenvalue weighted by Gasteiger charge is -2.44. The fourth-order valence-corrected chi connectivity index (χ4v) is 4.48. The van der Waals surface area contributed by atoms with Crippen LogP contribution in [0, 0.1) is 23.7 Å². The number of carbonyl (C=O) groups excluding carboxylic acids is 1. The highest BCUT2D eigenvalue weighted by atomic mass is 16.5. The summed E-state index contributed by atoms with van der Waals surface area (Å²) in [4.78, 5) is 15.8. The average molecular weight is 396 g/mol. The summed E-state index contributed by atoms with van der Waals surface area (Å²) in [7, 11) is 0. The van der Waals surface area contributed by atoms with Crippen molar-refractivity contribution >= 4 is 5.97 Å². The SMILES string of the molecule is C#CC(=O)OCN1CCC(N(Cc2ccccc2C#N)C2CCC(O)CC2)CC1. The molecular weight excluding hydrogens is 366 g/mol. The van der Waals surface area contributed by atoms with Gasteiger partial charge >= 0.3 is 5.97 Å². The Bertz CT molecular complexity index is 766. The van der Waals surface area contributed by atoms with E-state index < -0.39 is 5.97 Å². The van der Waals surface area contributed by atoms with Gasteiger partial charge in [-0.05, 0) is 50.2 Å². The van der Waals surface area contributed by atoms with Crippen LogP contribution >= 0.6 is 0 Å². The number of terminal acetylenes is 1. The fourth-order valence-electron chi connectivity index (χ4n) is 4.48. The van der Waals surface area contributed by atoms with Crippen LogP contribution in [0.25, 0.3) is 0 Å². The maximum absolute atomic E-state index is 11.2. The van der Waals surface area contributed by atoms with E-state index in [1.807, 2.05) is 30.2 Å². The molecule has 2 fully saturated rings. The molecule has 0 spiro atoms. The molecule has 0 atom stereocenters. The van der Waals surface area contributed by atoms with Gasteiger partial charge in [0.2, 0.25) is 0 Å². The zero-order valence-corrected chi connectivity index (χ0v) is 16.8. The Kier molecular flexibility index (Phi) is 7.66. The summed E-state index contributed by atoms with van der Waals surface area (Å²) in [5.41, 5.74) is 1.79. The lowest BCUT2D eigenvalue weighted by Crippen LogP contribution is -2.50. The molecule has 0 amide bonds. The molecule has 1 N–H and O–H groups in total. The van der Waals surface area contributed by atoms with Crippen LogP contribution in [-0.2, 0) is 16.1 Å². The number of piperidine rings is 1.